The van der Waals surface area contributed by atoms with Crippen LogP contribution >= 0.6 is 27.5 Å². The largest absolute Gasteiger partial charge is 0.472 e. The molecule has 0 spiro atoms. The van der Waals surface area contributed by atoms with Crippen molar-refractivity contribution >= 4 is 33.3 Å². The van der Waals surface area contributed by atoms with E-state index in [-0.39, 0.29) is 5.78 Å². The van der Waals surface area contributed by atoms with Crippen LogP contribution in [0.2, 0.25) is 5.02 Å². The second-order valence-corrected chi connectivity index (χ2v) is 4.35. The maximum atomic E-state index is 11.9. The number of ketones is 1. The molecule has 1 heterocycles. The summed E-state index contributed by atoms with van der Waals surface area (Å²) in [6.07, 6.45) is 2.88. The average molecular weight is 286 g/mol. The SMILES string of the molecule is O=C(c1ccoc1)c1cc(Cl)cc(Br)c1. The summed E-state index contributed by atoms with van der Waals surface area (Å²) in [7, 11) is 0. The van der Waals surface area contributed by atoms with Crippen molar-refractivity contribution in [3.63, 3.8) is 0 Å². The predicted octanol–water partition coefficient (Wildman–Crippen LogP) is 3.93. The Morgan fingerprint density at radius 2 is 2.07 bits per heavy atom. The van der Waals surface area contributed by atoms with Crippen molar-refractivity contribution in [2.75, 3.05) is 0 Å². The van der Waals surface area contributed by atoms with Gasteiger partial charge < -0.3 is 4.42 Å². The molecule has 1 aromatic carbocycles. The number of carbonyl (C=O) groups excluding carboxylic acids is 1. The standard InChI is InChI=1S/C11H6BrClO2/c12-9-3-8(4-10(13)5-9)11(14)7-1-2-15-6-7/h1-6H. The van der Waals surface area contributed by atoms with Gasteiger partial charge in [-0.3, -0.25) is 4.79 Å². The Hall–Kier alpha value is -1.06. The lowest BCUT2D eigenvalue weighted by Crippen LogP contribution is -1.99. The molecule has 2 aromatic rings. The second-order valence-electron chi connectivity index (χ2n) is 3.00. The maximum absolute atomic E-state index is 11.9. The van der Waals surface area contributed by atoms with Crippen molar-refractivity contribution in [2.45, 2.75) is 0 Å². The Kier molecular flexibility index (Phi) is 2.93. The number of hydrogen-bond donors (Lipinski definition) is 0. The summed E-state index contributed by atoms with van der Waals surface area (Å²) in [5.74, 6) is -0.105. The number of hydrogen-bond acceptors (Lipinski definition) is 2. The Bertz CT molecular complexity index is 471. The van der Waals surface area contributed by atoms with Crippen molar-refractivity contribution in [3.8, 4) is 0 Å². The van der Waals surface area contributed by atoms with E-state index in [0.29, 0.717) is 16.1 Å². The minimum atomic E-state index is -0.105. The van der Waals surface area contributed by atoms with Gasteiger partial charge in [0.2, 0.25) is 0 Å². The Labute approximate surface area is 100.0 Å². The molecule has 0 saturated heterocycles. The normalized spacial score (nSPS) is 10.3. The van der Waals surface area contributed by atoms with E-state index in [0.717, 1.165) is 4.47 Å². The molecular weight excluding hydrogens is 279 g/mol. The van der Waals surface area contributed by atoms with E-state index < -0.39 is 0 Å². The van der Waals surface area contributed by atoms with Crippen LogP contribution in [0.4, 0.5) is 0 Å². The van der Waals surface area contributed by atoms with Crippen LogP contribution in [0.15, 0.2) is 45.7 Å². The smallest absolute Gasteiger partial charge is 0.196 e. The van der Waals surface area contributed by atoms with Gasteiger partial charge >= 0.3 is 0 Å². The van der Waals surface area contributed by atoms with E-state index in [4.69, 9.17) is 16.0 Å². The van der Waals surface area contributed by atoms with Gasteiger partial charge in [-0.2, -0.15) is 0 Å². The molecule has 0 aliphatic carbocycles. The molecular formula is C11H6BrClO2. The fourth-order valence-corrected chi connectivity index (χ4v) is 2.11. The van der Waals surface area contributed by atoms with Crippen LogP contribution in [-0.2, 0) is 0 Å². The first-order valence-electron chi connectivity index (χ1n) is 4.20. The highest BCUT2D eigenvalue weighted by atomic mass is 79.9. The third kappa shape index (κ3) is 2.30. The number of halogens is 2. The molecule has 0 unspecified atom stereocenters. The minimum absolute atomic E-state index is 0.105. The Balaban J connectivity index is 2.42. The van der Waals surface area contributed by atoms with Gasteiger partial charge in [-0.25, -0.2) is 0 Å². The molecule has 1 aromatic heterocycles. The van der Waals surface area contributed by atoms with Gasteiger partial charge in [0.25, 0.3) is 0 Å². The van der Waals surface area contributed by atoms with Gasteiger partial charge in [0.15, 0.2) is 5.78 Å². The first-order valence-corrected chi connectivity index (χ1v) is 5.37. The molecule has 15 heavy (non-hydrogen) atoms. The number of benzene rings is 1. The number of rotatable bonds is 2. The van der Waals surface area contributed by atoms with Gasteiger partial charge in [0.05, 0.1) is 11.8 Å². The fraction of sp³-hybridized carbons (Fsp3) is 0. The topological polar surface area (TPSA) is 30.2 Å². The monoisotopic (exact) mass is 284 g/mol. The van der Waals surface area contributed by atoms with Crippen molar-refractivity contribution in [3.05, 3.63) is 57.4 Å². The first-order chi connectivity index (χ1) is 7.16. The van der Waals surface area contributed by atoms with E-state index in [1.807, 2.05) is 0 Å². The van der Waals surface area contributed by atoms with Crippen LogP contribution in [0, 0.1) is 0 Å². The third-order valence-electron chi connectivity index (χ3n) is 1.91. The Morgan fingerprint density at radius 3 is 2.67 bits per heavy atom. The lowest BCUT2D eigenvalue weighted by Gasteiger charge is -2.00. The molecule has 0 saturated carbocycles. The van der Waals surface area contributed by atoms with Crippen LogP contribution in [0.3, 0.4) is 0 Å². The quantitative estimate of drug-likeness (QED) is 0.783. The van der Waals surface area contributed by atoms with Gasteiger partial charge in [-0.05, 0) is 24.3 Å². The summed E-state index contributed by atoms with van der Waals surface area (Å²) < 4.78 is 5.63. The van der Waals surface area contributed by atoms with Gasteiger partial charge in [0.1, 0.15) is 6.26 Å². The molecule has 2 nitrogen and oxygen atoms in total. The van der Waals surface area contributed by atoms with Crippen LogP contribution in [0.5, 0.6) is 0 Å². The van der Waals surface area contributed by atoms with Crippen LogP contribution < -0.4 is 0 Å². The van der Waals surface area contributed by atoms with Crippen LogP contribution in [-0.4, -0.2) is 5.78 Å². The first kappa shape index (κ1) is 10.5. The Morgan fingerprint density at radius 1 is 1.27 bits per heavy atom. The lowest BCUT2D eigenvalue weighted by atomic mass is 10.1. The molecule has 2 rings (SSSR count). The summed E-state index contributed by atoms with van der Waals surface area (Å²) in [5.41, 5.74) is 1.06. The van der Waals surface area contributed by atoms with Crippen molar-refractivity contribution in [2.24, 2.45) is 0 Å². The fourth-order valence-electron chi connectivity index (χ4n) is 1.25. The summed E-state index contributed by atoms with van der Waals surface area (Å²) in [6.45, 7) is 0. The zero-order valence-corrected chi connectivity index (χ0v) is 9.88. The van der Waals surface area contributed by atoms with Gasteiger partial charge in [0, 0.05) is 15.1 Å². The minimum Gasteiger partial charge on any atom is -0.472 e. The summed E-state index contributed by atoms with van der Waals surface area (Å²) in [4.78, 5) is 11.9. The van der Waals surface area contributed by atoms with E-state index in [9.17, 15) is 4.79 Å². The van der Waals surface area contributed by atoms with Crippen molar-refractivity contribution in [1.82, 2.24) is 0 Å². The molecule has 0 amide bonds. The highest BCUT2D eigenvalue weighted by molar-refractivity contribution is 9.10. The molecule has 0 atom stereocenters. The molecule has 0 aliphatic heterocycles. The highest BCUT2D eigenvalue weighted by Gasteiger charge is 2.11. The van der Waals surface area contributed by atoms with E-state index in [1.165, 1.54) is 12.5 Å². The summed E-state index contributed by atoms with van der Waals surface area (Å²) >= 11 is 9.13. The van der Waals surface area contributed by atoms with Crippen molar-refractivity contribution < 1.29 is 9.21 Å². The average Bonchev–Trinajstić information content (AvgIpc) is 2.67. The second kappa shape index (κ2) is 4.21. The summed E-state index contributed by atoms with van der Waals surface area (Å²) in [6, 6.07) is 6.70. The molecule has 0 aliphatic rings. The van der Waals surface area contributed by atoms with Gasteiger partial charge in [-0.15, -0.1) is 0 Å². The lowest BCUT2D eigenvalue weighted by molar-refractivity contribution is 0.103. The molecule has 0 N–H and O–H groups in total. The highest BCUT2D eigenvalue weighted by Crippen LogP contribution is 2.21. The molecule has 76 valence electrons. The number of carbonyl (C=O) groups is 1. The van der Waals surface area contributed by atoms with Crippen LogP contribution in [0.25, 0.3) is 0 Å². The zero-order valence-electron chi connectivity index (χ0n) is 7.54. The molecule has 0 bridgehead atoms. The molecule has 0 radical (unpaired) electrons. The van der Waals surface area contributed by atoms with E-state index in [1.54, 1.807) is 24.3 Å². The number of furan rings is 1. The molecule has 0 fully saturated rings. The zero-order chi connectivity index (χ0) is 10.8. The third-order valence-corrected chi connectivity index (χ3v) is 2.58. The summed E-state index contributed by atoms with van der Waals surface area (Å²) in [5, 5.41) is 0.524. The maximum Gasteiger partial charge on any atom is 0.196 e. The predicted molar refractivity (Wildman–Crippen MR) is 61.3 cm³/mol. The van der Waals surface area contributed by atoms with E-state index in [2.05, 4.69) is 15.9 Å². The van der Waals surface area contributed by atoms with Crippen molar-refractivity contribution in [1.29, 1.82) is 0 Å². The molecule has 4 heteroatoms. The van der Waals surface area contributed by atoms with E-state index >= 15 is 0 Å². The van der Waals surface area contributed by atoms with Gasteiger partial charge in [-0.1, -0.05) is 27.5 Å². The van der Waals surface area contributed by atoms with Crippen LogP contribution in [0.1, 0.15) is 15.9 Å².